The zero-order valence-electron chi connectivity index (χ0n) is 16.3. The molecule has 2 amide bonds. The lowest BCUT2D eigenvalue weighted by Gasteiger charge is -2.20. The van der Waals surface area contributed by atoms with Crippen LogP contribution >= 0.6 is 0 Å². The minimum atomic E-state index is -4.18. The van der Waals surface area contributed by atoms with E-state index in [2.05, 4.69) is 27.3 Å². The van der Waals surface area contributed by atoms with E-state index in [1.54, 1.807) is 0 Å². The van der Waals surface area contributed by atoms with E-state index in [1.807, 2.05) is 0 Å². The molecule has 0 saturated carbocycles. The second-order valence-electron chi connectivity index (χ2n) is 7.93. The molecule has 0 saturated heterocycles. The first kappa shape index (κ1) is 18.9. The molecule has 9 nitrogen and oxygen atoms in total. The van der Waals surface area contributed by atoms with Gasteiger partial charge in [0.25, 0.3) is 10.0 Å². The van der Waals surface area contributed by atoms with Crippen molar-refractivity contribution in [3.63, 3.8) is 0 Å². The summed E-state index contributed by atoms with van der Waals surface area (Å²) in [5, 5.41) is 15.8. The molecule has 2 aliphatic carbocycles. The average Bonchev–Trinajstić information content (AvgIpc) is 3.45. The number of aromatic nitrogens is 2. The van der Waals surface area contributed by atoms with E-state index in [-0.39, 0.29) is 23.9 Å². The molecule has 1 aliphatic heterocycles. The van der Waals surface area contributed by atoms with E-state index in [0.29, 0.717) is 0 Å². The van der Waals surface area contributed by atoms with Crippen LogP contribution in [-0.2, 0) is 42.3 Å². The number of aryl methyl sites for hydroxylation is 2. The van der Waals surface area contributed by atoms with Crippen molar-refractivity contribution in [1.82, 2.24) is 14.5 Å². The molecule has 5 rings (SSSR count). The van der Waals surface area contributed by atoms with Crippen molar-refractivity contribution < 1.29 is 17.9 Å². The maximum absolute atomic E-state index is 12.8. The highest BCUT2D eigenvalue weighted by Crippen LogP contribution is 2.38. The fraction of sp³-hybridized carbons (Fsp3) is 0.450. The second kappa shape index (κ2) is 7.02. The summed E-state index contributed by atoms with van der Waals surface area (Å²) in [6, 6.07) is 3.53. The Hall–Kier alpha value is -3.06. The Bertz CT molecular complexity index is 1160. The van der Waals surface area contributed by atoms with Crippen LogP contribution < -0.4 is 14.8 Å². The summed E-state index contributed by atoms with van der Waals surface area (Å²) < 4.78 is 34.5. The van der Waals surface area contributed by atoms with E-state index in [9.17, 15) is 13.2 Å². The Morgan fingerprint density at radius 2 is 1.90 bits per heavy atom. The number of fused-ring (bicyclic) bond motifs is 3. The van der Waals surface area contributed by atoms with Crippen molar-refractivity contribution in [2.24, 2.45) is 5.92 Å². The molecule has 2 aromatic rings. The van der Waals surface area contributed by atoms with Gasteiger partial charge in [0.05, 0.1) is 18.8 Å². The zero-order valence-corrected chi connectivity index (χ0v) is 17.1. The van der Waals surface area contributed by atoms with Gasteiger partial charge in [0, 0.05) is 5.69 Å². The SMILES string of the molecule is N#CC1COc2c(S(=O)(=O)NC(=O)Nc3c4c(cc5c3CCC5)CCC4)cnn2C1. The van der Waals surface area contributed by atoms with Crippen molar-refractivity contribution in [3.8, 4) is 11.9 Å². The summed E-state index contributed by atoms with van der Waals surface area (Å²) in [7, 11) is -4.18. The highest BCUT2D eigenvalue weighted by molar-refractivity contribution is 7.90. The molecule has 0 radical (unpaired) electrons. The normalized spacial score (nSPS) is 19.2. The molecular formula is C20H21N5O4S. The van der Waals surface area contributed by atoms with Gasteiger partial charge in [0.15, 0.2) is 4.90 Å². The van der Waals surface area contributed by atoms with Crippen LogP contribution in [0.3, 0.4) is 0 Å². The first-order valence-corrected chi connectivity index (χ1v) is 11.5. The lowest BCUT2D eigenvalue weighted by Crippen LogP contribution is -2.35. The van der Waals surface area contributed by atoms with Crippen LogP contribution in [-0.4, -0.2) is 30.8 Å². The molecule has 3 aliphatic rings. The van der Waals surface area contributed by atoms with Crippen LogP contribution in [0.15, 0.2) is 17.2 Å². The summed E-state index contributed by atoms with van der Waals surface area (Å²) in [6.07, 6.45) is 6.96. The van der Waals surface area contributed by atoms with E-state index in [4.69, 9.17) is 10.00 Å². The number of urea groups is 1. The molecule has 1 aromatic heterocycles. The number of ether oxygens (including phenoxy) is 1. The van der Waals surface area contributed by atoms with Crippen molar-refractivity contribution in [2.75, 3.05) is 11.9 Å². The lowest BCUT2D eigenvalue weighted by molar-refractivity contribution is 0.189. The van der Waals surface area contributed by atoms with Gasteiger partial charge >= 0.3 is 6.03 Å². The molecule has 1 atom stereocenters. The third-order valence-corrected chi connectivity index (χ3v) is 7.30. The lowest BCUT2D eigenvalue weighted by atomic mass is 9.99. The monoisotopic (exact) mass is 427 g/mol. The summed E-state index contributed by atoms with van der Waals surface area (Å²) >= 11 is 0. The Kier molecular flexibility index (Phi) is 4.43. The Labute approximate surface area is 174 Å². The predicted molar refractivity (Wildman–Crippen MR) is 107 cm³/mol. The predicted octanol–water partition coefficient (Wildman–Crippen LogP) is 1.90. The highest BCUT2D eigenvalue weighted by atomic mass is 32.2. The Morgan fingerprint density at radius 1 is 1.20 bits per heavy atom. The van der Waals surface area contributed by atoms with E-state index in [1.165, 1.54) is 15.8 Å². The van der Waals surface area contributed by atoms with Gasteiger partial charge in [-0.1, -0.05) is 6.07 Å². The van der Waals surface area contributed by atoms with Crippen molar-refractivity contribution >= 4 is 21.7 Å². The number of anilines is 1. The number of nitrogens with one attached hydrogen (secondary N) is 2. The van der Waals surface area contributed by atoms with Gasteiger partial charge in [-0.25, -0.2) is 22.6 Å². The molecule has 0 spiro atoms. The number of carbonyl (C=O) groups is 1. The van der Waals surface area contributed by atoms with Crippen LogP contribution in [0.25, 0.3) is 0 Å². The van der Waals surface area contributed by atoms with Gasteiger partial charge in [0.1, 0.15) is 12.5 Å². The van der Waals surface area contributed by atoms with E-state index in [0.717, 1.165) is 61.5 Å². The quantitative estimate of drug-likeness (QED) is 0.770. The minimum Gasteiger partial charge on any atom is -0.475 e. The zero-order chi connectivity index (χ0) is 20.9. The summed E-state index contributed by atoms with van der Waals surface area (Å²) in [5.74, 6) is -0.352. The largest absolute Gasteiger partial charge is 0.475 e. The number of sulfonamides is 1. The maximum Gasteiger partial charge on any atom is 0.333 e. The fourth-order valence-electron chi connectivity index (χ4n) is 4.62. The number of benzene rings is 1. The van der Waals surface area contributed by atoms with Crippen molar-refractivity contribution in [2.45, 2.75) is 50.0 Å². The van der Waals surface area contributed by atoms with Crippen LogP contribution in [0.1, 0.15) is 35.1 Å². The summed E-state index contributed by atoms with van der Waals surface area (Å²) in [4.78, 5) is 12.5. The van der Waals surface area contributed by atoms with E-state index < -0.39 is 22.0 Å². The fourth-order valence-corrected chi connectivity index (χ4v) is 5.60. The number of hydrogen-bond acceptors (Lipinski definition) is 6. The molecule has 1 aromatic carbocycles. The standard InChI is InChI=1S/C20H21N5O4S/c21-8-12-10-25-19(29-11-12)17(9-22-25)30(27,28)24-20(26)23-18-15-5-1-3-13(15)7-14-4-2-6-16(14)18/h7,9,12H,1-6,10-11H2,(H2,23,24,26). The van der Waals surface area contributed by atoms with Crippen molar-refractivity contribution in [1.29, 1.82) is 5.26 Å². The summed E-state index contributed by atoms with van der Waals surface area (Å²) in [5.41, 5.74) is 5.52. The number of rotatable bonds is 3. The van der Waals surface area contributed by atoms with Crippen LogP contribution in [0.5, 0.6) is 5.88 Å². The third kappa shape index (κ3) is 3.10. The average molecular weight is 427 g/mol. The van der Waals surface area contributed by atoms with Crippen LogP contribution in [0, 0.1) is 17.2 Å². The van der Waals surface area contributed by atoms with Gasteiger partial charge in [-0.15, -0.1) is 0 Å². The van der Waals surface area contributed by atoms with Crippen LogP contribution in [0.2, 0.25) is 0 Å². The first-order chi connectivity index (χ1) is 14.5. The molecule has 1 unspecified atom stereocenters. The van der Waals surface area contributed by atoms with E-state index >= 15 is 0 Å². The number of hydrogen-bond donors (Lipinski definition) is 2. The van der Waals surface area contributed by atoms with Gasteiger partial charge in [-0.05, 0) is 60.8 Å². The van der Waals surface area contributed by atoms with Gasteiger partial charge in [-0.3, -0.25) is 0 Å². The highest BCUT2D eigenvalue weighted by Gasteiger charge is 2.32. The molecule has 2 heterocycles. The van der Waals surface area contributed by atoms with Crippen LogP contribution in [0.4, 0.5) is 10.5 Å². The molecule has 10 heteroatoms. The molecule has 0 fully saturated rings. The Balaban J connectivity index is 1.39. The second-order valence-corrected chi connectivity index (χ2v) is 9.58. The molecule has 0 bridgehead atoms. The number of carbonyl (C=O) groups excluding carboxylic acids is 1. The minimum absolute atomic E-state index is 0.0447. The molecule has 156 valence electrons. The topological polar surface area (TPSA) is 126 Å². The summed E-state index contributed by atoms with van der Waals surface area (Å²) in [6.45, 7) is 0.328. The molecular weight excluding hydrogens is 406 g/mol. The number of nitriles is 1. The smallest absolute Gasteiger partial charge is 0.333 e. The third-order valence-electron chi connectivity index (χ3n) is 5.98. The van der Waals surface area contributed by atoms with Gasteiger partial charge in [0.2, 0.25) is 5.88 Å². The Morgan fingerprint density at radius 3 is 2.57 bits per heavy atom. The number of amides is 2. The first-order valence-electron chi connectivity index (χ1n) is 10.0. The van der Waals surface area contributed by atoms with Crippen molar-refractivity contribution in [3.05, 3.63) is 34.5 Å². The van der Waals surface area contributed by atoms with Gasteiger partial charge < -0.3 is 10.1 Å². The molecule has 2 N–H and O–H groups in total. The maximum atomic E-state index is 12.8. The van der Waals surface area contributed by atoms with Gasteiger partial charge in [-0.2, -0.15) is 10.4 Å². The number of nitrogens with zero attached hydrogens (tertiary/aromatic N) is 3. The molecule has 30 heavy (non-hydrogen) atoms.